The van der Waals surface area contributed by atoms with Crippen LogP contribution < -0.4 is 5.32 Å². The van der Waals surface area contributed by atoms with E-state index in [-0.39, 0.29) is 18.8 Å². The maximum Gasteiger partial charge on any atom is 0.416 e. The standard InChI is InChI=1S/C25H19F3N4O2S/c1-14-3-2-4-15(7-14)12-32-20-9-17(25(26,27)28)6-5-16(20)8-21(32)23(34)30-18-10-19-24(29-11-18)35-22(13-33)31-19/h2-11,33H,12-13H2,1H3,(H,30,34). The molecular formula is C25H19F3N4O2S. The first kappa shape index (κ1) is 23.0. The second-order valence-corrected chi connectivity index (χ2v) is 9.21. The molecule has 2 N–H and O–H groups in total. The summed E-state index contributed by atoms with van der Waals surface area (Å²) in [6, 6.07) is 14.3. The lowest BCUT2D eigenvalue weighted by atomic mass is 10.1. The van der Waals surface area contributed by atoms with E-state index in [2.05, 4.69) is 15.3 Å². The number of hydrogen-bond acceptors (Lipinski definition) is 5. The summed E-state index contributed by atoms with van der Waals surface area (Å²) in [7, 11) is 0. The molecule has 0 aliphatic rings. The van der Waals surface area contributed by atoms with Crippen LogP contribution in [0.25, 0.3) is 21.3 Å². The highest BCUT2D eigenvalue weighted by molar-refractivity contribution is 7.18. The molecule has 0 saturated heterocycles. The first-order valence-corrected chi connectivity index (χ1v) is 11.5. The zero-order valence-electron chi connectivity index (χ0n) is 18.4. The Morgan fingerprint density at radius 2 is 1.97 bits per heavy atom. The van der Waals surface area contributed by atoms with Crippen LogP contribution in [0.1, 0.15) is 32.2 Å². The topological polar surface area (TPSA) is 80.0 Å². The number of benzene rings is 2. The number of nitrogens with zero attached hydrogens (tertiary/aromatic N) is 3. The molecule has 0 atom stereocenters. The van der Waals surface area contributed by atoms with Crippen molar-refractivity contribution in [3.05, 3.63) is 88.2 Å². The molecule has 10 heteroatoms. The quantitative estimate of drug-likeness (QED) is 0.324. The van der Waals surface area contributed by atoms with Crippen LogP contribution in [0.3, 0.4) is 0 Å². The number of carbonyl (C=O) groups is 1. The van der Waals surface area contributed by atoms with Crippen LogP contribution in [0.2, 0.25) is 0 Å². The van der Waals surface area contributed by atoms with E-state index < -0.39 is 17.6 Å². The SMILES string of the molecule is Cc1cccc(Cn2c(C(=O)Nc3cnc4sc(CO)nc4c3)cc3ccc(C(F)(F)F)cc32)c1. The number of hydrogen-bond donors (Lipinski definition) is 2. The largest absolute Gasteiger partial charge is 0.416 e. The van der Waals surface area contributed by atoms with Gasteiger partial charge in [-0.2, -0.15) is 13.2 Å². The van der Waals surface area contributed by atoms with Crippen molar-refractivity contribution in [3.63, 3.8) is 0 Å². The average Bonchev–Trinajstić information content (AvgIpc) is 3.39. The fourth-order valence-electron chi connectivity index (χ4n) is 3.98. The Morgan fingerprint density at radius 3 is 2.71 bits per heavy atom. The Morgan fingerprint density at radius 1 is 1.14 bits per heavy atom. The van der Waals surface area contributed by atoms with Gasteiger partial charge in [-0.3, -0.25) is 4.79 Å². The van der Waals surface area contributed by atoms with Crippen molar-refractivity contribution in [2.75, 3.05) is 5.32 Å². The van der Waals surface area contributed by atoms with Crippen LogP contribution in [0, 0.1) is 6.92 Å². The predicted octanol–water partition coefficient (Wildman–Crippen LogP) is 5.77. The summed E-state index contributed by atoms with van der Waals surface area (Å²) >= 11 is 1.25. The second-order valence-electron chi connectivity index (χ2n) is 8.14. The summed E-state index contributed by atoms with van der Waals surface area (Å²) in [5.74, 6) is -0.485. The fraction of sp³-hybridized carbons (Fsp3) is 0.160. The molecule has 2 aromatic carbocycles. The van der Waals surface area contributed by atoms with Crippen molar-refractivity contribution in [1.82, 2.24) is 14.5 Å². The van der Waals surface area contributed by atoms with Crippen LogP contribution in [0.4, 0.5) is 18.9 Å². The maximum absolute atomic E-state index is 13.4. The highest BCUT2D eigenvalue weighted by atomic mass is 32.1. The lowest BCUT2D eigenvalue weighted by molar-refractivity contribution is -0.137. The van der Waals surface area contributed by atoms with Crippen molar-refractivity contribution < 1.29 is 23.1 Å². The molecule has 0 fully saturated rings. The van der Waals surface area contributed by atoms with Gasteiger partial charge >= 0.3 is 6.18 Å². The van der Waals surface area contributed by atoms with E-state index in [0.717, 1.165) is 23.3 Å². The highest BCUT2D eigenvalue weighted by Crippen LogP contribution is 2.33. The molecule has 3 aromatic heterocycles. The number of halogens is 3. The zero-order chi connectivity index (χ0) is 24.7. The highest BCUT2D eigenvalue weighted by Gasteiger charge is 2.31. The van der Waals surface area contributed by atoms with Crippen molar-refractivity contribution in [1.29, 1.82) is 0 Å². The molecule has 6 nitrogen and oxygen atoms in total. The molecule has 5 rings (SSSR count). The number of pyridine rings is 1. The van der Waals surface area contributed by atoms with Gasteiger partial charge in [0, 0.05) is 17.4 Å². The van der Waals surface area contributed by atoms with Crippen molar-refractivity contribution >= 4 is 44.2 Å². The number of rotatable bonds is 5. The first-order chi connectivity index (χ1) is 16.7. The first-order valence-electron chi connectivity index (χ1n) is 10.6. The summed E-state index contributed by atoms with van der Waals surface area (Å²) < 4.78 is 41.8. The maximum atomic E-state index is 13.4. The second kappa shape index (κ2) is 8.79. The van der Waals surface area contributed by atoms with Gasteiger partial charge in [-0.15, -0.1) is 0 Å². The number of amides is 1. The third-order valence-corrected chi connectivity index (χ3v) is 6.54. The van der Waals surface area contributed by atoms with Crippen LogP contribution in [0.5, 0.6) is 0 Å². The van der Waals surface area contributed by atoms with Gasteiger partial charge in [0.05, 0.1) is 24.1 Å². The average molecular weight is 497 g/mol. The monoisotopic (exact) mass is 496 g/mol. The van der Waals surface area contributed by atoms with Gasteiger partial charge in [0.1, 0.15) is 21.0 Å². The number of fused-ring (bicyclic) bond motifs is 2. The van der Waals surface area contributed by atoms with Gasteiger partial charge in [-0.05, 0) is 36.8 Å². The van der Waals surface area contributed by atoms with E-state index in [1.165, 1.54) is 23.6 Å². The molecule has 35 heavy (non-hydrogen) atoms. The molecule has 0 spiro atoms. The number of alkyl halides is 3. The van der Waals surface area contributed by atoms with Gasteiger partial charge in [0.25, 0.3) is 5.91 Å². The number of nitrogens with one attached hydrogen (secondary N) is 1. The smallest absolute Gasteiger partial charge is 0.389 e. The summed E-state index contributed by atoms with van der Waals surface area (Å²) in [5, 5.41) is 13.1. The van der Waals surface area contributed by atoms with Crippen molar-refractivity contribution in [2.45, 2.75) is 26.3 Å². The molecule has 0 saturated carbocycles. The fourth-order valence-corrected chi connectivity index (χ4v) is 4.73. The molecule has 0 radical (unpaired) electrons. The lowest BCUT2D eigenvalue weighted by Crippen LogP contribution is -2.17. The zero-order valence-corrected chi connectivity index (χ0v) is 19.2. The van der Waals surface area contributed by atoms with Gasteiger partial charge in [-0.25, -0.2) is 9.97 Å². The molecule has 3 heterocycles. The van der Waals surface area contributed by atoms with Gasteiger partial charge < -0.3 is 15.0 Å². The van der Waals surface area contributed by atoms with Crippen molar-refractivity contribution in [3.8, 4) is 0 Å². The molecule has 0 unspecified atom stereocenters. The number of anilines is 1. The molecule has 0 aliphatic heterocycles. The summed E-state index contributed by atoms with van der Waals surface area (Å²) in [6.07, 6.45) is -3.02. The van der Waals surface area contributed by atoms with E-state index >= 15 is 0 Å². The van der Waals surface area contributed by atoms with Gasteiger partial charge in [-0.1, -0.05) is 47.2 Å². The number of aryl methyl sites for hydroxylation is 1. The minimum atomic E-state index is -4.50. The van der Waals surface area contributed by atoms with E-state index in [1.807, 2.05) is 31.2 Å². The Balaban J connectivity index is 1.56. The normalized spacial score (nSPS) is 11.9. The minimum absolute atomic E-state index is 0.207. The number of aliphatic hydroxyl groups is 1. The van der Waals surface area contributed by atoms with Crippen LogP contribution >= 0.6 is 11.3 Å². The molecule has 178 valence electrons. The van der Waals surface area contributed by atoms with Crippen LogP contribution in [0.15, 0.2) is 60.8 Å². The number of aliphatic hydroxyl groups excluding tert-OH is 1. The van der Waals surface area contributed by atoms with Gasteiger partial charge in [0.15, 0.2) is 0 Å². The molecule has 0 aliphatic carbocycles. The van der Waals surface area contributed by atoms with Crippen LogP contribution in [-0.2, 0) is 19.3 Å². The number of carbonyl (C=O) groups excluding carboxylic acids is 1. The minimum Gasteiger partial charge on any atom is -0.389 e. The summed E-state index contributed by atoms with van der Waals surface area (Å²) in [5.41, 5.74) is 2.54. The van der Waals surface area contributed by atoms with Crippen molar-refractivity contribution in [2.24, 2.45) is 0 Å². The van der Waals surface area contributed by atoms with E-state index in [1.54, 1.807) is 16.7 Å². The van der Waals surface area contributed by atoms with E-state index in [0.29, 0.717) is 31.9 Å². The van der Waals surface area contributed by atoms with E-state index in [4.69, 9.17) is 0 Å². The summed E-state index contributed by atoms with van der Waals surface area (Å²) in [4.78, 5) is 22.5. The summed E-state index contributed by atoms with van der Waals surface area (Å²) in [6.45, 7) is 1.94. The molecular weight excluding hydrogens is 477 g/mol. The molecule has 0 bridgehead atoms. The number of aromatic nitrogens is 3. The predicted molar refractivity (Wildman–Crippen MR) is 129 cm³/mol. The lowest BCUT2D eigenvalue weighted by Gasteiger charge is -2.13. The van der Waals surface area contributed by atoms with E-state index in [9.17, 15) is 23.1 Å². The van der Waals surface area contributed by atoms with Gasteiger partial charge in [0.2, 0.25) is 0 Å². The third-order valence-electron chi connectivity index (χ3n) is 5.57. The van der Waals surface area contributed by atoms with Crippen LogP contribution in [-0.4, -0.2) is 25.5 Å². The number of thiazole rings is 1. The Labute approximate surface area is 201 Å². The third kappa shape index (κ3) is 4.62. The Hall–Kier alpha value is -3.76. The molecule has 5 aromatic rings. The Bertz CT molecular complexity index is 1570. The Kier molecular flexibility index (Phi) is 5.78. The molecule has 1 amide bonds.